The highest BCUT2D eigenvalue weighted by atomic mass is 16.5. The molecular weight excluding hydrogens is 354 g/mol. The SMILES string of the molecule is CC(=O)c1ccc(C(N)=O)cc1Nc1ccc(CCCN2CCOCC2)cc1. The molecular formula is C22H27N3O3. The van der Waals surface area contributed by atoms with Crippen LogP contribution >= 0.6 is 0 Å². The van der Waals surface area contributed by atoms with E-state index in [4.69, 9.17) is 10.5 Å². The zero-order valence-electron chi connectivity index (χ0n) is 16.2. The minimum Gasteiger partial charge on any atom is -0.379 e. The van der Waals surface area contributed by atoms with Gasteiger partial charge in [0.2, 0.25) is 5.91 Å². The quantitative estimate of drug-likeness (QED) is 0.687. The maximum atomic E-state index is 11.9. The lowest BCUT2D eigenvalue weighted by molar-refractivity contribution is 0.0374. The fourth-order valence-electron chi connectivity index (χ4n) is 3.35. The molecule has 6 nitrogen and oxygen atoms in total. The summed E-state index contributed by atoms with van der Waals surface area (Å²) < 4.78 is 5.37. The van der Waals surface area contributed by atoms with Gasteiger partial charge in [-0.05, 0) is 62.2 Å². The lowest BCUT2D eigenvalue weighted by atomic mass is 10.0. The van der Waals surface area contributed by atoms with Crippen LogP contribution in [0.1, 0.15) is 39.6 Å². The van der Waals surface area contributed by atoms with E-state index in [1.165, 1.54) is 12.5 Å². The lowest BCUT2D eigenvalue weighted by Crippen LogP contribution is -2.36. The molecule has 0 unspecified atom stereocenters. The van der Waals surface area contributed by atoms with Gasteiger partial charge in [0.15, 0.2) is 5.78 Å². The van der Waals surface area contributed by atoms with E-state index in [0.717, 1.165) is 51.4 Å². The molecule has 1 aliphatic heterocycles. The standard InChI is InChI=1S/C22H27N3O3/c1-16(26)20-9-6-18(22(23)27)15-21(20)24-19-7-4-17(5-8-19)3-2-10-25-11-13-28-14-12-25/h4-9,15,24H,2-3,10-14H2,1H3,(H2,23,27). The van der Waals surface area contributed by atoms with Crippen LogP contribution in [0.3, 0.4) is 0 Å². The van der Waals surface area contributed by atoms with E-state index in [-0.39, 0.29) is 5.78 Å². The number of morpholine rings is 1. The summed E-state index contributed by atoms with van der Waals surface area (Å²) in [6.07, 6.45) is 2.13. The van der Waals surface area contributed by atoms with Gasteiger partial charge in [-0.25, -0.2) is 0 Å². The Hall–Kier alpha value is -2.70. The molecule has 1 amide bonds. The zero-order chi connectivity index (χ0) is 19.9. The van der Waals surface area contributed by atoms with Crippen molar-refractivity contribution in [2.45, 2.75) is 19.8 Å². The molecule has 1 heterocycles. The van der Waals surface area contributed by atoms with Crippen LogP contribution in [-0.4, -0.2) is 49.4 Å². The maximum Gasteiger partial charge on any atom is 0.248 e. The van der Waals surface area contributed by atoms with Gasteiger partial charge in [-0.15, -0.1) is 0 Å². The minimum atomic E-state index is -0.520. The summed E-state index contributed by atoms with van der Waals surface area (Å²) in [5.41, 5.74) is 8.98. The number of ketones is 1. The number of hydrogen-bond donors (Lipinski definition) is 2. The Morgan fingerprint density at radius 1 is 1.11 bits per heavy atom. The summed E-state index contributed by atoms with van der Waals surface area (Å²) in [6, 6.07) is 13.0. The molecule has 1 saturated heterocycles. The molecule has 1 fully saturated rings. The molecule has 0 saturated carbocycles. The van der Waals surface area contributed by atoms with Crippen molar-refractivity contribution in [2.24, 2.45) is 5.73 Å². The number of nitrogens with two attached hydrogens (primary N) is 1. The van der Waals surface area contributed by atoms with Gasteiger partial charge in [0.1, 0.15) is 0 Å². The van der Waals surface area contributed by atoms with Crippen molar-refractivity contribution >= 4 is 23.1 Å². The van der Waals surface area contributed by atoms with Crippen molar-refractivity contribution in [3.05, 3.63) is 59.2 Å². The van der Waals surface area contributed by atoms with E-state index in [2.05, 4.69) is 22.3 Å². The number of primary amides is 1. The van der Waals surface area contributed by atoms with Gasteiger partial charge in [-0.1, -0.05) is 12.1 Å². The summed E-state index contributed by atoms with van der Waals surface area (Å²) in [7, 11) is 0. The minimum absolute atomic E-state index is 0.0711. The van der Waals surface area contributed by atoms with E-state index >= 15 is 0 Å². The topological polar surface area (TPSA) is 84.7 Å². The molecule has 6 heteroatoms. The van der Waals surface area contributed by atoms with Crippen LogP contribution in [0.5, 0.6) is 0 Å². The van der Waals surface area contributed by atoms with Crippen LogP contribution in [-0.2, 0) is 11.2 Å². The number of aryl methyl sites for hydroxylation is 1. The van der Waals surface area contributed by atoms with E-state index in [9.17, 15) is 9.59 Å². The number of ether oxygens (including phenoxy) is 1. The van der Waals surface area contributed by atoms with Gasteiger partial charge < -0.3 is 15.8 Å². The molecule has 3 rings (SSSR count). The largest absolute Gasteiger partial charge is 0.379 e. The van der Waals surface area contributed by atoms with Gasteiger partial charge in [-0.2, -0.15) is 0 Å². The van der Waals surface area contributed by atoms with Gasteiger partial charge >= 0.3 is 0 Å². The molecule has 0 aliphatic carbocycles. The van der Waals surface area contributed by atoms with E-state index in [1.807, 2.05) is 12.1 Å². The van der Waals surface area contributed by atoms with E-state index in [1.54, 1.807) is 18.2 Å². The van der Waals surface area contributed by atoms with Crippen LogP contribution in [0.25, 0.3) is 0 Å². The van der Waals surface area contributed by atoms with Crippen LogP contribution in [0.4, 0.5) is 11.4 Å². The van der Waals surface area contributed by atoms with Gasteiger partial charge in [-0.3, -0.25) is 14.5 Å². The first-order chi connectivity index (χ1) is 13.5. The second kappa shape index (κ2) is 9.48. The first kappa shape index (κ1) is 20.0. The summed E-state index contributed by atoms with van der Waals surface area (Å²) >= 11 is 0. The number of carbonyl (C=O) groups is 2. The van der Waals surface area contributed by atoms with Crippen LogP contribution < -0.4 is 11.1 Å². The Kier molecular flexibility index (Phi) is 6.79. The summed E-state index contributed by atoms with van der Waals surface area (Å²) in [5.74, 6) is -0.591. The van der Waals surface area contributed by atoms with Crippen LogP contribution in [0.15, 0.2) is 42.5 Å². The number of Topliss-reactive ketones (excluding diaryl/α,β-unsaturated/α-hetero) is 1. The smallest absolute Gasteiger partial charge is 0.248 e. The third-order valence-corrected chi connectivity index (χ3v) is 4.96. The van der Waals surface area contributed by atoms with Crippen molar-refractivity contribution in [3.63, 3.8) is 0 Å². The number of benzene rings is 2. The molecule has 2 aromatic carbocycles. The number of hydrogen-bond acceptors (Lipinski definition) is 5. The molecule has 1 aliphatic rings. The number of anilines is 2. The fraction of sp³-hybridized carbons (Fsp3) is 0.364. The number of nitrogens with zero attached hydrogens (tertiary/aromatic N) is 1. The average molecular weight is 381 g/mol. The number of amides is 1. The van der Waals surface area contributed by atoms with Crippen molar-refractivity contribution in [1.82, 2.24) is 4.90 Å². The maximum absolute atomic E-state index is 11.9. The van der Waals surface area contributed by atoms with Gasteiger partial charge in [0, 0.05) is 29.9 Å². The Balaban J connectivity index is 1.61. The lowest BCUT2D eigenvalue weighted by Gasteiger charge is -2.26. The summed E-state index contributed by atoms with van der Waals surface area (Å²) in [5, 5.41) is 3.23. The molecule has 0 bridgehead atoms. The average Bonchev–Trinajstić information content (AvgIpc) is 2.70. The Bertz CT molecular complexity index is 827. The molecule has 148 valence electrons. The molecule has 0 aromatic heterocycles. The second-order valence-electron chi connectivity index (χ2n) is 7.06. The highest BCUT2D eigenvalue weighted by Crippen LogP contribution is 2.24. The number of nitrogens with one attached hydrogen (secondary N) is 1. The third kappa shape index (κ3) is 5.41. The van der Waals surface area contributed by atoms with Crippen molar-refractivity contribution < 1.29 is 14.3 Å². The zero-order valence-corrected chi connectivity index (χ0v) is 16.2. The molecule has 28 heavy (non-hydrogen) atoms. The molecule has 0 atom stereocenters. The van der Waals surface area contributed by atoms with Gasteiger partial charge in [0.25, 0.3) is 0 Å². The predicted molar refractivity (Wildman–Crippen MR) is 110 cm³/mol. The Labute approximate surface area is 165 Å². The van der Waals surface area contributed by atoms with Crippen LogP contribution in [0, 0.1) is 0 Å². The second-order valence-corrected chi connectivity index (χ2v) is 7.06. The number of rotatable bonds is 8. The van der Waals surface area contributed by atoms with E-state index in [0.29, 0.717) is 16.8 Å². The summed E-state index contributed by atoms with van der Waals surface area (Å²) in [4.78, 5) is 25.8. The third-order valence-electron chi connectivity index (χ3n) is 4.96. The van der Waals surface area contributed by atoms with Crippen molar-refractivity contribution in [3.8, 4) is 0 Å². The highest BCUT2D eigenvalue weighted by molar-refractivity contribution is 6.03. The first-order valence-corrected chi connectivity index (χ1v) is 9.64. The summed E-state index contributed by atoms with van der Waals surface area (Å²) in [6.45, 7) is 6.30. The number of carbonyl (C=O) groups excluding carboxylic acids is 2. The predicted octanol–water partition coefficient (Wildman–Crippen LogP) is 3.00. The van der Waals surface area contributed by atoms with Crippen molar-refractivity contribution in [2.75, 3.05) is 38.2 Å². The highest BCUT2D eigenvalue weighted by Gasteiger charge is 2.12. The van der Waals surface area contributed by atoms with Crippen LogP contribution in [0.2, 0.25) is 0 Å². The molecule has 3 N–H and O–H groups in total. The van der Waals surface area contributed by atoms with E-state index < -0.39 is 5.91 Å². The fourth-order valence-corrected chi connectivity index (χ4v) is 3.35. The molecule has 0 radical (unpaired) electrons. The Morgan fingerprint density at radius 2 is 1.82 bits per heavy atom. The first-order valence-electron chi connectivity index (χ1n) is 9.64. The normalized spacial score (nSPS) is 14.6. The monoisotopic (exact) mass is 381 g/mol. The molecule has 2 aromatic rings. The Morgan fingerprint density at radius 3 is 2.46 bits per heavy atom. The molecule has 0 spiro atoms. The van der Waals surface area contributed by atoms with Gasteiger partial charge in [0.05, 0.1) is 18.9 Å². The van der Waals surface area contributed by atoms with Crippen molar-refractivity contribution in [1.29, 1.82) is 0 Å².